The molecule has 0 aromatic rings. The molecule has 1 saturated carbocycles. The van der Waals surface area contributed by atoms with Gasteiger partial charge in [0.2, 0.25) is 0 Å². The summed E-state index contributed by atoms with van der Waals surface area (Å²) in [6.45, 7) is 8.12. The zero-order valence-electron chi connectivity index (χ0n) is 13.3. The molecule has 4 nitrogen and oxygen atoms in total. The zero-order chi connectivity index (χ0) is 14.6. The maximum atomic E-state index is 12.0. The topological polar surface area (TPSA) is 41.6 Å². The number of hydrogen-bond donors (Lipinski definition) is 1. The molecule has 1 N–H and O–H groups in total. The van der Waals surface area contributed by atoms with Gasteiger partial charge in [0.05, 0.1) is 0 Å². The molecule has 2 aliphatic rings. The highest BCUT2D eigenvalue weighted by molar-refractivity contribution is 5.68. The van der Waals surface area contributed by atoms with Gasteiger partial charge in [-0.05, 0) is 59.5 Å². The SMILES string of the molecule is CC(C)(C)OC(=O)N[C@H]1CCCC[C@@H]1N1CCCCC1. The van der Waals surface area contributed by atoms with Crippen molar-refractivity contribution >= 4 is 6.09 Å². The largest absolute Gasteiger partial charge is 0.444 e. The van der Waals surface area contributed by atoms with Gasteiger partial charge in [-0.2, -0.15) is 0 Å². The first-order chi connectivity index (χ1) is 9.46. The van der Waals surface area contributed by atoms with Crippen LogP contribution in [0.1, 0.15) is 65.7 Å². The van der Waals surface area contributed by atoms with E-state index in [1.54, 1.807) is 0 Å². The molecule has 0 aromatic carbocycles. The van der Waals surface area contributed by atoms with E-state index in [9.17, 15) is 4.79 Å². The third-order valence-corrected chi connectivity index (χ3v) is 4.29. The van der Waals surface area contributed by atoms with Crippen LogP contribution in [0, 0.1) is 0 Å². The number of rotatable bonds is 2. The number of nitrogens with one attached hydrogen (secondary N) is 1. The lowest BCUT2D eigenvalue weighted by atomic mass is 9.88. The fourth-order valence-electron chi connectivity index (χ4n) is 3.43. The Morgan fingerprint density at radius 1 is 1.05 bits per heavy atom. The fourth-order valence-corrected chi connectivity index (χ4v) is 3.43. The van der Waals surface area contributed by atoms with Gasteiger partial charge in [0, 0.05) is 12.1 Å². The second-order valence-corrected chi connectivity index (χ2v) is 7.20. The van der Waals surface area contributed by atoms with Crippen molar-refractivity contribution in [3.05, 3.63) is 0 Å². The molecule has 20 heavy (non-hydrogen) atoms. The summed E-state index contributed by atoms with van der Waals surface area (Å²) in [5.41, 5.74) is -0.417. The summed E-state index contributed by atoms with van der Waals surface area (Å²) in [7, 11) is 0. The lowest BCUT2D eigenvalue weighted by molar-refractivity contribution is 0.0405. The second kappa shape index (κ2) is 6.79. The molecule has 2 rings (SSSR count). The molecule has 116 valence electrons. The van der Waals surface area contributed by atoms with Crippen LogP contribution in [0.4, 0.5) is 4.79 Å². The summed E-state index contributed by atoms with van der Waals surface area (Å²) in [5.74, 6) is 0. The van der Waals surface area contributed by atoms with Crippen LogP contribution >= 0.6 is 0 Å². The molecule has 0 aromatic heterocycles. The van der Waals surface area contributed by atoms with Crippen LogP contribution < -0.4 is 5.32 Å². The lowest BCUT2D eigenvalue weighted by Crippen LogP contribution is -2.55. The van der Waals surface area contributed by atoms with Crippen molar-refractivity contribution in [2.45, 2.75) is 83.4 Å². The summed E-state index contributed by atoms with van der Waals surface area (Å²) in [6, 6.07) is 0.772. The summed E-state index contributed by atoms with van der Waals surface area (Å²) in [4.78, 5) is 14.6. The van der Waals surface area contributed by atoms with Crippen molar-refractivity contribution in [1.29, 1.82) is 0 Å². The van der Waals surface area contributed by atoms with Crippen molar-refractivity contribution in [3.8, 4) is 0 Å². The molecule has 1 aliphatic carbocycles. The highest BCUT2D eigenvalue weighted by atomic mass is 16.6. The van der Waals surface area contributed by atoms with E-state index in [1.807, 2.05) is 20.8 Å². The second-order valence-electron chi connectivity index (χ2n) is 7.20. The Morgan fingerprint density at radius 3 is 2.35 bits per heavy atom. The molecule has 1 amide bonds. The Labute approximate surface area is 123 Å². The van der Waals surface area contributed by atoms with E-state index in [0.29, 0.717) is 6.04 Å². The van der Waals surface area contributed by atoms with Crippen molar-refractivity contribution in [1.82, 2.24) is 10.2 Å². The van der Waals surface area contributed by atoms with E-state index < -0.39 is 5.60 Å². The van der Waals surface area contributed by atoms with E-state index in [2.05, 4.69) is 10.2 Å². The third-order valence-electron chi connectivity index (χ3n) is 4.29. The normalized spacial score (nSPS) is 28.9. The van der Waals surface area contributed by atoms with Crippen LogP contribution in [0.2, 0.25) is 0 Å². The first kappa shape index (κ1) is 15.6. The van der Waals surface area contributed by atoms with E-state index in [4.69, 9.17) is 4.74 Å². The number of piperidine rings is 1. The average Bonchev–Trinajstić information content (AvgIpc) is 2.38. The Kier molecular flexibility index (Phi) is 5.30. The molecule has 1 heterocycles. The number of likely N-dealkylation sites (tertiary alicyclic amines) is 1. The molecular weight excluding hydrogens is 252 g/mol. The van der Waals surface area contributed by atoms with Gasteiger partial charge in [-0.15, -0.1) is 0 Å². The van der Waals surface area contributed by atoms with Gasteiger partial charge < -0.3 is 10.1 Å². The van der Waals surface area contributed by atoms with Crippen molar-refractivity contribution in [2.24, 2.45) is 0 Å². The first-order valence-electron chi connectivity index (χ1n) is 8.19. The number of amides is 1. The zero-order valence-corrected chi connectivity index (χ0v) is 13.3. The third kappa shape index (κ3) is 4.65. The molecular formula is C16H30N2O2. The van der Waals surface area contributed by atoms with Crippen molar-refractivity contribution in [2.75, 3.05) is 13.1 Å². The summed E-state index contributed by atoms with van der Waals surface area (Å²) < 4.78 is 5.41. The van der Waals surface area contributed by atoms with Gasteiger partial charge >= 0.3 is 6.09 Å². The summed E-state index contributed by atoms with van der Waals surface area (Å²) in [6.07, 6.45) is 8.49. The number of ether oxygens (including phenoxy) is 1. The van der Waals surface area contributed by atoms with Gasteiger partial charge in [0.15, 0.2) is 0 Å². The van der Waals surface area contributed by atoms with Gasteiger partial charge in [0.1, 0.15) is 5.60 Å². The molecule has 0 spiro atoms. The molecule has 0 radical (unpaired) electrons. The smallest absolute Gasteiger partial charge is 0.407 e. The molecule has 0 unspecified atom stereocenters. The number of alkyl carbamates (subject to hydrolysis) is 1. The minimum absolute atomic E-state index is 0.258. The highest BCUT2D eigenvalue weighted by Gasteiger charge is 2.32. The quantitative estimate of drug-likeness (QED) is 0.845. The van der Waals surface area contributed by atoms with Crippen molar-refractivity contribution in [3.63, 3.8) is 0 Å². The molecule has 2 atom stereocenters. The molecule has 0 bridgehead atoms. The molecule has 1 saturated heterocycles. The standard InChI is InChI=1S/C16H30N2O2/c1-16(2,3)20-15(19)17-13-9-5-6-10-14(13)18-11-7-4-8-12-18/h13-14H,4-12H2,1-3H3,(H,17,19)/t13-,14-/m0/s1. The Morgan fingerprint density at radius 2 is 1.70 bits per heavy atom. The van der Waals surface area contributed by atoms with Crippen LogP contribution in [0.5, 0.6) is 0 Å². The lowest BCUT2D eigenvalue weighted by Gasteiger charge is -2.42. The summed E-state index contributed by atoms with van der Waals surface area (Å²) >= 11 is 0. The monoisotopic (exact) mass is 282 g/mol. The van der Waals surface area contributed by atoms with Crippen LogP contribution in [0.3, 0.4) is 0 Å². The number of carbonyl (C=O) groups excluding carboxylic acids is 1. The Balaban J connectivity index is 1.91. The van der Waals surface area contributed by atoms with E-state index in [1.165, 1.54) is 51.6 Å². The van der Waals surface area contributed by atoms with E-state index in [0.717, 1.165) is 6.42 Å². The van der Waals surface area contributed by atoms with Gasteiger partial charge in [-0.1, -0.05) is 19.3 Å². The predicted molar refractivity (Wildman–Crippen MR) is 80.8 cm³/mol. The van der Waals surface area contributed by atoms with E-state index >= 15 is 0 Å². The Hall–Kier alpha value is -0.770. The van der Waals surface area contributed by atoms with Crippen LogP contribution in [-0.2, 0) is 4.74 Å². The van der Waals surface area contributed by atoms with Gasteiger partial charge in [-0.3, -0.25) is 4.90 Å². The van der Waals surface area contributed by atoms with Crippen LogP contribution in [-0.4, -0.2) is 41.8 Å². The molecule has 1 aliphatic heterocycles. The number of nitrogens with zero attached hydrogens (tertiary/aromatic N) is 1. The van der Waals surface area contributed by atoms with Gasteiger partial charge in [0.25, 0.3) is 0 Å². The van der Waals surface area contributed by atoms with Gasteiger partial charge in [-0.25, -0.2) is 4.79 Å². The average molecular weight is 282 g/mol. The van der Waals surface area contributed by atoms with Crippen LogP contribution in [0.15, 0.2) is 0 Å². The highest BCUT2D eigenvalue weighted by Crippen LogP contribution is 2.26. The molecule has 4 heteroatoms. The molecule has 2 fully saturated rings. The first-order valence-corrected chi connectivity index (χ1v) is 8.19. The minimum atomic E-state index is -0.417. The van der Waals surface area contributed by atoms with E-state index in [-0.39, 0.29) is 12.1 Å². The minimum Gasteiger partial charge on any atom is -0.444 e. The number of hydrogen-bond acceptors (Lipinski definition) is 3. The predicted octanol–water partition coefficient (Wildman–Crippen LogP) is 3.31. The Bertz CT molecular complexity index is 319. The maximum Gasteiger partial charge on any atom is 0.407 e. The fraction of sp³-hybridized carbons (Fsp3) is 0.938. The van der Waals surface area contributed by atoms with Crippen LogP contribution in [0.25, 0.3) is 0 Å². The maximum absolute atomic E-state index is 12.0. The number of carbonyl (C=O) groups is 1. The summed E-state index contributed by atoms with van der Waals surface area (Å²) in [5, 5.41) is 3.12. The van der Waals surface area contributed by atoms with Crippen molar-refractivity contribution < 1.29 is 9.53 Å².